The fourth-order valence-corrected chi connectivity index (χ4v) is 1.98. The molecule has 1 aliphatic rings. The van der Waals surface area contributed by atoms with Crippen LogP contribution in [0, 0.1) is 0 Å². The molecule has 0 N–H and O–H groups in total. The van der Waals surface area contributed by atoms with Crippen LogP contribution in [0.5, 0.6) is 0 Å². The Morgan fingerprint density at radius 1 is 1.33 bits per heavy atom. The third-order valence-electron chi connectivity index (χ3n) is 3.03. The summed E-state index contributed by atoms with van der Waals surface area (Å²) in [4.78, 5) is 15.2. The summed E-state index contributed by atoms with van der Waals surface area (Å²) in [5, 5.41) is 0. The average Bonchev–Trinajstić information content (AvgIpc) is 3.06. The molecule has 0 amide bonds. The molecule has 3 rings (SSSR count). The van der Waals surface area contributed by atoms with Gasteiger partial charge in [-0.05, 0) is 31.0 Å². The zero-order valence-corrected chi connectivity index (χ0v) is 9.24. The van der Waals surface area contributed by atoms with Crippen molar-refractivity contribution in [3.05, 3.63) is 30.1 Å². The molecule has 1 aromatic heterocycles. The topological polar surface area (TPSA) is 34.9 Å². The molecule has 1 heterocycles. The molecule has 0 spiro atoms. The van der Waals surface area contributed by atoms with Crippen molar-refractivity contribution < 1.29 is 18.0 Å². The van der Waals surface area contributed by atoms with Gasteiger partial charge in [0.2, 0.25) is 0 Å². The van der Waals surface area contributed by atoms with Gasteiger partial charge >= 0.3 is 6.18 Å². The van der Waals surface area contributed by atoms with Gasteiger partial charge in [0.05, 0.1) is 17.4 Å². The molecule has 0 bridgehead atoms. The third-order valence-corrected chi connectivity index (χ3v) is 3.03. The second-order valence-electron chi connectivity index (χ2n) is 4.41. The van der Waals surface area contributed by atoms with Crippen LogP contribution in [-0.4, -0.2) is 21.5 Å². The maximum absolute atomic E-state index is 12.3. The van der Waals surface area contributed by atoms with Crippen molar-refractivity contribution >= 4 is 16.8 Å². The first-order chi connectivity index (χ1) is 8.47. The van der Waals surface area contributed by atoms with Crippen molar-refractivity contribution in [2.75, 3.05) is 0 Å². The summed E-state index contributed by atoms with van der Waals surface area (Å²) in [6.07, 6.45) is -1.10. The fraction of sp³-hybridized carbons (Fsp3) is 0.333. The maximum atomic E-state index is 12.3. The van der Waals surface area contributed by atoms with Gasteiger partial charge in [0.1, 0.15) is 0 Å². The van der Waals surface area contributed by atoms with Gasteiger partial charge in [-0.25, -0.2) is 4.98 Å². The van der Waals surface area contributed by atoms with E-state index in [2.05, 4.69) is 4.98 Å². The summed E-state index contributed by atoms with van der Waals surface area (Å²) in [6.45, 7) is 0. The second kappa shape index (κ2) is 3.57. The number of aromatic nitrogens is 2. The van der Waals surface area contributed by atoms with Crippen LogP contribution < -0.4 is 0 Å². The highest BCUT2D eigenvalue weighted by Crippen LogP contribution is 2.37. The molecule has 3 nitrogen and oxygen atoms in total. The summed E-state index contributed by atoms with van der Waals surface area (Å²) in [5.41, 5.74) is 0.837. The highest BCUT2D eigenvalue weighted by molar-refractivity contribution is 6.02. The molecule has 0 saturated heterocycles. The SMILES string of the molecule is O=C(c1ccc2c(c1)ncn2C1CC1)C(F)(F)F. The number of Topliss-reactive ketones (excluding diaryl/α,β-unsaturated/α-hetero) is 1. The van der Waals surface area contributed by atoms with E-state index in [1.54, 1.807) is 6.33 Å². The molecule has 2 aromatic rings. The van der Waals surface area contributed by atoms with Crippen LogP contribution in [0.2, 0.25) is 0 Å². The van der Waals surface area contributed by atoms with Gasteiger partial charge in [-0.1, -0.05) is 0 Å². The first kappa shape index (κ1) is 11.3. The van der Waals surface area contributed by atoms with E-state index in [0.29, 0.717) is 11.6 Å². The van der Waals surface area contributed by atoms with Gasteiger partial charge in [-0.15, -0.1) is 0 Å². The van der Waals surface area contributed by atoms with Gasteiger partial charge < -0.3 is 4.57 Å². The molecule has 1 aromatic carbocycles. The normalized spacial score (nSPS) is 16.2. The van der Waals surface area contributed by atoms with E-state index >= 15 is 0 Å². The molecule has 1 aliphatic carbocycles. The Morgan fingerprint density at radius 2 is 2.06 bits per heavy atom. The van der Waals surface area contributed by atoms with Crippen LogP contribution in [0.3, 0.4) is 0 Å². The minimum Gasteiger partial charge on any atom is -0.327 e. The van der Waals surface area contributed by atoms with E-state index in [4.69, 9.17) is 0 Å². The van der Waals surface area contributed by atoms with Crippen LogP contribution in [0.15, 0.2) is 24.5 Å². The van der Waals surface area contributed by atoms with E-state index in [9.17, 15) is 18.0 Å². The second-order valence-corrected chi connectivity index (χ2v) is 4.41. The number of ketones is 1. The Bertz CT molecular complexity index is 626. The quantitative estimate of drug-likeness (QED) is 0.772. The van der Waals surface area contributed by atoms with Crippen LogP contribution in [0.4, 0.5) is 13.2 Å². The first-order valence-corrected chi connectivity index (χ1v) is 5.55. The van der Waals surface area contributed by atoms with Gasteiger partial charge in [0, 0.05) is 11.6 Å². The average molecular weight is 254 g/mol. The van der Waals surface area contributed by atoms with Crippen molar-refractivity contribution in [1.29, 1.82) is 0 Å². The van der Waals surface area contributed by atoms with Crippen molar-refractivity contribution in [2.45, 2.75) is 25.1 Å². The molecule has 1 saturated carbocycles. The summed E-state index contributed by atoms with van der Waals surface area (Å²) >= 11 is 0. The molecule has 0 unspecified atom stereocenters. The zero-order valence-electron chi connectivity index (χ0n) is 9.24. The lowest BCUT2D eigenvalue weighted by Gasteiger charge is -2.05. The molecule has 94 valence electrons. The predicted octanol–water partition coefficient (Wildman–Crippen LogP) is 3.12. The number of fused-ring (bicyclic) bond motifs is 1. The number of nitrogens with zero attached hydrogens (tertiary/aromatic N) is 2. The molecule has 1 fully saturated rings. The van der Waals surface area contributed by atoms with Gasteiger partial charge in [0.25, 0.3) is 5.78 Å². The third kappa shape index (κ3) is 1.77. The van der Waals surface area contributed by atoms with Crippen molar-refractivity contribution in [2.24, 2.45) is 0 Å². The van der Waals surface area contributed by atoms with Crippen LogP contribution in [-0.2, 0) is 0 Å². The fourth-order valence-electron chi connectivity index (χ4n) is 1.98. The van der Waals surface area contributed by atoms with E-state index < -0.39 is 12.0 Å². The summed E-state index contributed by atoms with van der Waals surface area (Å²) in [7, 11) is 0. The Balaban J connectivity index is 2.04. The highest BCUT2D eigenvalue weighted by Gasteiger charge is 2.39. The lowest BCUT2D eigenvalue weighted by molar-refractivity contribution is -0.0885. The first-order valence-electron chi connectivity index (χ1n) is 5.55. The standard InChI is InChI=1S/C12H9F3N2O/c13-12(14,15)11(18)7-1-4-10-9(5-7)16-6-17(10)8-2-3-8/h1,4-6,8H,2-3H2. The van der Waals surface area contributed by atoms with E-state index in [0.717, 1.165) is 18.4 Å². The van der Waals surface area contributed by atoms with E-state index in [1.807, 2.05) is 4.57 Å². The lowest BCUT2D eigenvalue weighted by Crippen LogP contribution is -2.22. The van der Waals surface area contributed by atoms with E-state index in [-0.39, 0.29) is 5.56 Å². The number of carbonyl (C=O) groups is 1. The molecule has 0 radical (unpaired) electrons. The van der Waals surface area contributed by atoms with Crippen molar-refractivity contribution in [1.82, 2.24) is 9.55 Å². The lowest BCUT2D eigenvalue weighted by atomic mass is 10.1. The Labute approximate surface area is 100 Å². The van der Waals surface area contributed by atoms with Gasteiger partial charge in [-0.3, -0.25) is 4.79 Å². The summed E-state index contributed by atoms with van der Waals surface area (Å²) in [6, 6.07) is 4.33. The van der Waals surface area contributed by atoms with Crippen molar-refractivity contribution in [3.63, 3.8) is 0 Å². The molecule has 0 atom stereocenters. The Hall–Kier alpha value is -1.85. The minimum absolute atomic E-state index is 0.365. The summed E-state index contributed by atoms with van der Waals surface area (Å²) in [5.74, 6) is -1.83. The molecule has 6 heteroatoms. The van der Waals surface area contributed by atoms with Crippen LogP contribution >= 0.6 is 0 Å². The monoisotopic (exact) mass is 254 g/mol. The van der Waals surface area contributed by atoms with Gasteiger partial charge in [-0.2, -0.15) is 13.2 Å². The van der Waals surface area contributed by atoms with E-state index in [1.165, 1.54) is 18.2 Å². The molecule has 0 aliphatic heterocycles. The Morgan fingerprint density at radius 3 is 2.67 bits per heavy atom. The number of rotatable bonds is 2. The largest absolute Gasteiger partial charge is 0.454 e. The zero-order chi connectivity index (χ0) is 12.9. The highest BCUT2D eigenvalue weighted by atomic mass is 19.4. The number of benzene rings is 1. The predicted molar refractivity (Wildman–Crippen MR) is 58.4 cm³/mol. The number of alkyl halides is 3. The number of hydrogen-bond acceptors (Lipinski definition) is 2. The number of carbonyl (C=O) groups excluding carboxylic acids is 1. The minimum atomic E-state index is -4.84. The summed E-state index contributed by atoms with van der Waals surface area (Å²) < 4.78 is 38.9. The Kier molecular flexibility index (Phi) is 2.23. The number of hydrogen-bond donors (Lipinski definition) is 0. The molecular formula is C12H9F3N2O. The van der Waals surface area contributed by atoms with Crippen LogP contribution in [0.25, 0.3) is 11.0 Å². The number of halogens is 3. The van der Waals surface area contributed by atoms with Gasteiger partial charge in [0.15, 0.2) is 0 Å². The maximum Gasteiger partial charge on any atom is 0.454 e. The van der Waals surface area contributed by atoms with Crippen LogP contribution in [0.1, 0.15) is 29.2 Å². The smallest absolute Gasteiger partial charge is 0.327 e. The van der Waals surface area contributed by atoms with Crippen molar-refractivity contribution in [3.8, 4) is 0 Å². The molecular weight excluding hydrogens is 245 g/mol. The molecule has 18 heavy (non-hydrogen) atoms. The number of imidazole rings is 1.